The molecule has 90 valence electrons. The van der Waals surface area contributed by atoms with Crippen LogP contribution in [0.4, 0.5) is 0 Å². The first-order valence-electron chi connectivity index (χ1n) is 5.99. The van der Waals surface area contributed by atoms with Gasteiger partial charge in [-0.15, -0.1) is 0 Å². The molecule has 1 aromatic rings. The van der Waals surface area contributed by atoms with Gasteiger partial charge in [0.05, 0.1) is 0 Å². The molecule has 0 aromatic carbocycles. The molecule has 0 amide bonds. The summed E-state index contributed by atoms with van der Waals surface area (Å²) in [7, 11) is 0. The number of rotatable bonds is 6. The fraction of sp³-hybridized carbons (Fsp3) is 0.667. The van der Waals surface area contributed by atoms with Crippen LogP contribution in [-0.2, 0) is 6.54 Å². The van der Waals surface area contributed by atoms with Gasteiger partial charge in [0, 0.05) is 24.1 Å². The van der Waals surface area contributed by atoms with E-state index in [0.717, 1.165) is 18.3 Å². The Morgan fingerprint density at radius 3 is 3.06 bits per heavy atom. The summed E-state index contributed by atoms with van der Waals surface area (Å²) in [5, 5.41) is 12.2. The molecule has 2 heterocycles. The maximum Gasteiger partial charge on any atom is 0.0214 e. The van der Waals surface area contributed by atoms with Gasteiger partial charge in [-0.3, -0.25) is 0 Å². The topological polar surface area (TPSA) is 24.1 Å². The molecular weight excluding hydrogens is 236 g/mol. The lowest BCUT2D eigenvalue weighted by molar-refractivity contribution is 0.531. The Balaban J connectivity index is 1.48. The van der Waals surface area contributed by atoms with Gasteiger partial charge in [-0.2, -0.15) is 23.1 Å². The van der Waals surface area contributed by atoms with Gasteiger partial charge in [0.15, 0.2) is 0 Å². The van der Waals surface area contributed by atoms with Crippen LogP contribution in [-0.4, -0.2) is 30.6 Å². The van der Waals surface area contributed by atoms with Crippen molar-refractivity contribution in [1.29, 1.82) is 0 Å². The van der Waals surface area contributed by atoms with Gasteiger partial charge in [0.1, 0.15) is 0 Å². The van der Waals surface area contributed by atoms with Crippen molar-refractivity contribution in [2.24, 2.45) is 0 Å². The molecule has 0 bridgehead atoms. The van der Waals surface area contributed by atoms with Crippen molar-refractivity contribution in [2.45, 2.75) is 24.6 Å². The van der Waals surface area contributed by atoms with E-state index in [4.69, 9.17) is 0 Å². The third-order valence-corrected chi connectivity index (χ3v) is 4.94. The quantitative estimate of drug-likeness (QED) is 0.764. The number of piperidine rings is 1. The van der Waals surface area contributed by atoms with Crippen LogP contribution in [0.15, 0.2) is 16.8 Å². The Hall–Kier alpha value is -0.0300. The molecule has 4 heteroatoms. The lowest BCUT2D eigenvalue weighted by Gasteiger charge is -2.21. The van der Waals surface area contributed by atoms with Crippen molar-refractivity contribution in [1.82, 2.24) is 10.6 Å². The lowest BCUT2D eigenvalue weighted by Crippen LogP contribution is -2.30. The van der Waals surface area contributed by atoms with E-state index in [1.54, 1.807) is 11.3 Å². The minimum Gasteiger partial charge on any atom is -0.317 e. The highest BCUT2D eigenvalue weighted by Gasteiger charge is 2.12. The molecule has 1 aromatic heterocycles. The Bertz CT molecular complexity index is 269. The molecule has 0 spiro atoms. The Morgan fingerprint density at radius 2 is 2.31 bits per heavy atom. The van der Waals surface area contributed by atoms with E-state index in [2.05, 4.69) is 39.2 Å². The summed E-state index contributed by atoms with van der Waals surface area (Å²) in [6, 6.07) is 2.19. The van der Waals surface area contributed by atoms with Crippen molar-refractivity contribution < 1.29 is 0 Å². The van der Waals surface area contributed by atoms with E-state index in [1.807, 2.05) is 0 Å². The van der Waals surface area contributed by atoms with Crippen molar-refractivity contribution in [3.05, 3.63) is 22.4 Å². The van der Waals surface area contributed by atoms with E-state index in [-0.39, 0.29) is 0 Å². The molecule has 0 unspecified atom stereocenters. The maximum atomic E-state index is 3.50. The molecule has 1 aliphatic heterocycles. The predicted molar refractivity (Wildman–Crippen MR) is 74.4 cm³/mol. The molecule has 16 heavy (non-hydrogen) atoms. The van der Waals surface area contributed by atoms with Crippen LogP contribution < -0.4 is 10.6 Å². The Kier molecular flexibility index (Phi) is 5.69. The fourth-order valence-electron chi connectivity index (χ4n) is 1.89. The van der Waals surface area contributed by atoms with Gasteiger partial charge in [-0.25, -0.2) is 0 Å². The molecule has 0 atom stereocenters. The molecule has 1 saturated heterocycles. The molecule has 0 saturated carbocycles. The normalized spacial score (nSPS) is 17.8. The Labute approximate surface area is 106 Å². The standard InChI is InChI=1S/C12H20N2S2/c1-4-13-5-2-12(1)16-8-6-14-9-11-3-7-15-10-11/h3,7,10,12-14H,1-2,4-6,8-9H2. The van der Waals surface area contributed by atoms with Gasteiger partial charge >= 0.3 is 0 Å². The van der Waals surface area contributed by atoms with E-state index in [9.17, 15) is 0 Å². The summed E-state index contributed by atoms with van der Waals surface area (Å²) in [6.07, 6.45) is 2.68. The third-order valence-electron chi connectivity index (χ3n) is 2.83. The van der Waals surface area contributed by atoms with Crippen LogP contribution in [0.2, 0.25) is 0 Å². The first kappa shape index (κ1) is 12.4. The number of thiophene rings is 1. The maximum absolute atomic E-state index is 3.50. The number of nitrogens with one attached hydrogen (secondary N) is 2. The first-order chi connectivity index (χ1) is 7.95. The first-order valence-corrected chi connectivity index (χ1v) is 7.98. The molecule has 2 rings (SSSR count). The summed E-state index contributed by atoms with van der Waals surface area (Å²) in [5.41, 5.74) is 1.41. The third kappa shape index (κ3) is 4.45. The van der Waals surface area contributed by atoms with Gasteiger partial charge < -0.3 is 10.6 Å². The lowest BCUT2D eigenvalue weighted by atomic mass is 10.2. The van der Waals surface area contributed by atoms with Crippen LogP contribution >= 0.6 is 23.1 Å². The van der Waals surface area contributed by atoms with Crippen LogP contribution in [0.25, 0.3) is 0 Å². The smallest absolute Gasteiger partial charge is 0.0214 e. The van der Waals surface area contributed by atoms with Gasteiger partial charge in [-0.1, -0.05) is 0 Å². The highest BCUT2D eigenvalue weighted by Crippen LogP contribution is 2.19. The zero-order valence-corrected chi connectivity index (χ0v) is 11.2. The minimum absolute atomic E-state index is 0.893. The Morgan fingerprint density at radius 1 is 1.44 bits per heavy atom. The van der Waals surface area contributed by atoms with Gasteiger partial charge in [-0.05, 0) is 48.3 Å². The van der Waals surface area contributed by atoms with E-state index in [0.29, 0.717) is 0 Å². The average Bonchev–Trinajstić information content (AvgIpc) is 2.83. The largest absolute Gasteiger partial charge is 0.317 e. The van der Waals surface area contributed by atoms with E-state index >= 15 is 0 Å². The van der Waals surface area contributed by atoms with Gasteiger partial charge in [0.25, 0.3) is 0 Å². The van der Waals surface area contributed by atoms with Crippen LogP contribution in [0.3, 0.4) is 0 Å². The number of thioether (sulfide) groups is 1. The highest BCUT2D eigenvalue weighted by atomic mass is 32.2. The molecule has 2 N–H and O–H groups in total. The summed E-state index contributed by atoms with van der Waals surface area (Å²) < 4.78 is 0. The average molecular weight is 256 g/mol. The predicted octanol–water partition coefficient (Wildman–Crippen LogP) is 2.32. The van der Waals surface area contributed by atoms with Crippen molar-refractivity contribution in [2.75, 3.05) is 25.4 Å². The molecule has 0 radical (unpaired) electrons. The molecular formula is C12H20N2S2. The highest BCUT2D eigenvalue weighted by molar-refractivity contribution is 7.99. The summed E-state index contributed by atoms with van der Waals surface area (Å²) in [6.45, 7) is 4.57. The van der Waals surface area contributed by atoms with Gasteiger partial charge in [0.2, 0.25) is 0 Å². The summed E-state index contributed by atoms with van der Waals surface area (Å²) >= 11 is 3.91. The number of hydrogen-bond donors (Lipinski definition) is 2. The zero-order valence-electron chi connectivity index (χ0n) is 9.58. The molecule has 2 nitrogen and oxygen atoms in total. The van der Waals surface area contributed by atoms with Crippen molar-refractivity contribution >= 4 is 23.1 Å². The SMILES string of the molecule is c1cc(CNCCSC2CCNCC2)cs1. The van der Waals surface area contributed by atoms with Crippen LogP contribution in [0.1, 0.15) is 18.4 Å². The molecule has 1 aliphatic rings. The second kappa shape index (κ2) is 7.33. The summed E-state index contributed by atoms with van der Waals surface area (Å²) in [5.74, 6) is 1.24. The van der Waals surface area contributed by atoms with Crippen molar-refractivity contribution in [3.63, 3.8) is 0 Å². The van der Waals surface area contributed by atoms with Crippen molar-refractivity contribution in [3.8, 4) is 0 Å². The zero-order chi connectivity index (χ0) is 11.1. The molecule has 0 aliphatic carbocycles. The van der Waals surface area contributed by atoms with E-state index in [1.165, 1.54) is 37.2 Å². The monoisotopic (exact) mass is 256 g/mol. The summed E-state index contributed by atoms with van der Waals surface area (Å²) in [4.78, 5) is 0. The van der Waals surface area contributed by atoms with Crippen LogP contribution in [0.5, 0.6) is 0 Å². The minimum atomic E-state index is 0.893. The fourth-order valence-corrected chi connectivity index (χ4v) is 3.72. The van der Waals surface area contributed by atoms with Crippen LogP contribution in [0, 0.1) is 0 Å². The second-order valence-electron chi connectivity index (χ2n) is 4.13. The van der Waals surface area contributed by atoms with E-state index < -0.39 is 0 Å². The second-order valence-corrected chi connectivity index (χ2v) is 6.32. The number of hydrogen-bond acceptors (Lipinski definition) is 4. The molecule has 1 fully saturated rings.